The van der Waals surface area contributed by atoms with Crippen LogP contribution in [0, 0.1) is 5.82 Å². The largest absolute Gasteiger partial charge is 0.328 e. The van der Waals surface area contributed by atoms with Gasteiger partial charge in [0.15, 0.2) is 0 Å². The Morgan fingerprint density at radius 1 is 1.36 bits per heavy atom. The number of nitrogens with two attached hydrogens (primary N) is 1. The van der Waals surface area contributed by atoms with Crippen molar-refractivity contribution in [1.29, 1.82) is 0 Å². The van der Waals surface area contributed by atoms with Crippen LogP contribution in [0.25, 0.3) is 0 Å². The highest BCUT2D eigenvalue weighted by atomic mass is 19.1. The average Bonchev–Trinajstić information content (AvgIpc) is 2.18. The van der Waals surface area contributed by atoms with Crippen LogP contribution in [0.2, 0.25) is 0 Å². The standard InChI is InChI=1S/C11H15FN2/c12-10-4-9(6-14-7-10)8-2-1-3-11(13)5-8/h4,6-8,11H,1-3,5,13H2. The Bertz CT molecular complexity index is 314. The second-order valence-corrected chi connectivity index (χ2v) is 4.06. The molecule has 2 rings (SSSR count). The molecule has 2 N–H and O–H groups in total. The van der Waals surface area contributed by atoms with E-state index in [2.05, 4.69) is 4.98 Å². The minimum absolute atomic E-state index is 0.248. The van der Waals surface area contributed by atoms with Gasteiger partial charge in [-0.25, -0.2) is 4.39 Å². The minimum atomic E-state index is -0.248. The molecule has 0 aliphatic heterocycles. The molecule has 1 aliphatic carbocycles. The number of rotatable bonds is 1. The van der Waals surface area contributed by atoms with Gasteiger partial charge in [0.2, 0.25) is 0 Å². The van der Waals surface area contributed by atoms with Crippen LogP contribution in [0.4, 0.5) is 4.39 Å². The molecule has 1 saturated carbocycles. The molecule has 2 unspecified atom stereocenters. The summed E-state index contributed by atoms with van der Waals surface area (Å²) in [7, 11) is 0. The highest BCUT2D eigenvalue weighted by Crippen LogP contribution is 2.31. The fourth-order valence-electron chi connectivity index (χ4n) is 2.18. The van der Waals surface area contributed by atoms with E-state index in [1.807, 2.05) is 0 Å². The summed E-state index contributed by atoms with van der Waals surface area (Å²) in [5, 5.41) is 0. The lowest BCUT2D eigenvalue weighted by Gasteiger charge is -2.26. The summed E-state index contributed by atoms with van der Waals surface area (Å²) in [5.74, 6) is 0.156. The summed E-state index contributed by atoms with van der Waals surface area (Å²) in [6.45, 7) is 0. The van der Waals surface area contributed by atoms with Crippen molar-refractivity contribution in [3.05, 3.63) is 29.8 Å². The van der Waals surface area contributed by atoms with Crippen molar-refractivity contribution >= 4 is 0 Å². The average molecular weight is 194 g/mol. The van der Waals surface area contributed by atoms with Crippen LogP contribution in [0.1, 0.15) is 37.2 Å². The van der Waals surface area contributed by atoms with Crippen molar-refractivity contribution in [2.24, 2.45) is 5.73 Å². The van der Waals surface area contributed by atoms with Crippen LogP contribution in [-0.2, 0) is 0 Å². The van der Waals surface area contributed by atoms with E-state index >= 15 is 0 Å². The number of halogens is 1. The molecule has 0 saturated heterocycles. The second-order valence-electron chi connectivity index (χ2n) is 4.06. The van der Waals surface area contributed by atoms with Crippen molar-refractivity contribution in [3.8, 4) is 0 Å². The number of nitrogens with zero attached hydrogens (tertiary/aromatic N) is 1. The fraction of sp³-hybridized carbons (Fsp3) is 0.545. The second kappa shape index (κ2) is 4.05. The molecule has 1 fully saturated rings. The normalized spacial score (nSPS) is 27.6. The van der Waals surface area contributed by atoms with Crippen molar-refractivity contribution in [3.63, 3.8) is 0 Å². The third-order valence-electron chi connectivity index (χ3n) is 2.91. The summed E-state index contributed by atoms with van der Waals surface area (Å²) in [6, 6.07) is 1.85. The molecule has 0 amide bonds. The van der Waals surface area contributed by atoms with E-state index in [4.69, 9.17) is 5.73 Å². The van der Waals surface area contributed by atoms with Gasteiger partial charge in [0.1, 0.15) is 5.82 Å². The summed E-state index contributed by atoms with van der Waals surface area (Å²) in [6.07, 6.45) is 7.31. The molecule has 76 valence electrons. The molecule has 1 aromatic heterocycles. The van der Waals surface area contributed by atoms with Crippen LogP contribution < -0.4 is 5.73 Å². The van der Waals surface area contributed by atoms with E-state index in [9.17, 15) is 4.39 Å². The highest BCUT2D eigenvalue weighted by molar-refractivity contribution is 5.16. The number of hydrogen-bond acceptors (Lipinski definition) is 2. The lowest BCUT2D eigenvalue weighted by Crippen LogP contribution is -2.26. The number of aromatic nitrogens is 1. The lowest BCUT2D eigenvalue weighted by molar-refractivity contribution is 0.391. The molecular weight excluding hydrogens is 179 g/mol. The SMILES string of the molecule is NC1CCCC(c2cncc(F)c2)C1. The first-order valence-electron chi connectivity index (χ1n) is 5.12. The van der Waals surface area contributed by atoms with Gasteiger partial charge >= 0.3 is 0 Å². The molecule has 1 aliphatic rings. The Hall–Kier alpha value is -0.960. The quantitative estimate of drug-likeness (QED) is 0.744. The first kappa shape index (κ1) is 9.59. The predicted octanol–water partition coefficient (Wildman–Crippen LogP) is 2.21. The van der Waals surface area contributed by atoms with Crippen LogP contribution in [0.15, 0.2) is 18.5 Å². The molecule has 0 spiro atoms. The summed E-state index contributed by atoms with van der Waals surface area (Å²) >= 11 is 0. The molecule has 1 aromatic rings. The van der Waals surface area contributed by atoms with Gasteiger partial charge < -0.3 is 5.73 Å². The smallest absolute Gasteiger partial charge is 0.141 e. The number of pyridine rings is 1. The molecule has 14 heavy (non-hydrogen) atoms. The van der Waals surface area contributed by atoms with Gasteiger partial charge in [-0.2, -0.15) is 0 Å². The first-order chi connectivity index (χ1) is 6.75. The maximum atomic E-state index is 12.9. The van der Waals surface area contributed by atoms with Gasteiger partial charge in [-0.15, -0.1) is 0 Å². The Kier molecular flexibility index (Phi) is 2.77. The van der Waals surface area contributed by atoms with Gasteiger partial charge in [-0.05, 0) is 36.8 Å². The van der Waals surface area contributed by atoms with E-state index in [1.165, 1.54) is 6.20 Å². The van der Waals surface area contributed by atoms with E-state index in [0.717, 1.165) is 31.2 Å². The monoisotopic (exact) mass is 194 g/mol. The van der Waals surface area contributed by atoms with Crippen LogP contribution in [0.3, 0.4) is 0 Å². The van der Waals surface area contributed by atoms with Gasteiger partial charge in [-0.3, -0.25) is 4.98 Å². The number of hydrogen-bond donors (Lipinski definition) is 1. The van der Waals surface area contributed by atoms with E-state index < -0.39 is 0 Å². The molecule has 2 nitrogen and oxygen atoms in total. The van der Waals surface area contributed by atoms with Crippen molar-refractivity contribution < 1.29 is 4.39 Å². The molecular formula is C11H15FN2. The van der Waals surface area contributed by atoms with Gasteiger partial charge in [0.05, 0.1) is 6.20 Å². The maximum Gasteiger partial charge on any atom is 0.141 e. The Labute approximate surface area is 83.3 Å². The zero-order valence-electron chi connectivity index (χ0n) is 8.12. The minimum Gasteiger partial charge on any atom is -0.328 e. The third-order valence-corrected chi connectivity index (χ3v) is 2.91. The molecule has 0 bridgehead atoms. The molecule has 1 heterocycles. The summed E-state index contributed by atoms with van der Waals surface area (Å²) in [5.41, 5.74) is 6.89. The highest BCUT2D eigenvalue weighted by Gasteiger charge is 2.20. The molecule has 3 heteroatoms. The van der Waals surface area contributed by atoms with Gasteiger partial charge in [0, 0.05) is 12.2 Å². The van der Waals surface area contributed by atoms with Crippen LogP contribution in [0.5, 0.6) is 0 Å². The predicted molar refractivity (Wildman–Crippen MR) is 53.4 cm³/mol. The van der Waals surface area contributed by atoms with E-state index in [-0.39, 0.29) is 11.9 Å². The third kappa shape index (κ3) is 2.10. The van der Waals surface area contributed by atoms with Crippen LogP contribution in [-0.4, -0.2) is 11.0 Å². The van der Waals surface area contributed by atoms with Crippen molar-refractivity contribution in [1.82, 2.24) is 4.98 Å². The van der Waals surface area contributed by atoms with Crippen molar-refractivity contribution in [2.45, 2.75) is 37.6 Å². The first-order valence-corrected chi connectivity index (χ1v) is 5.12. The molecule has 0 aromatic carbocycles. The Morgan fingerprint density at radius 3 is 2.93 bits per heavy atom. The zero-order valence-corrected chi connectivity index (χ0v) is 8.12. The van der Waals surface area contributed by atoms with Gasteiger partial charge in [0.25, 0.3) is 0 Å². The zero-order chi connectivity index (χ0) is 9.97. The van der Waals surface area contributed by atoms with Gasteiger partial charge in [-0.1, -0.05) is 6.42 Å². The summed E-state index contributed by atoms with van der Waals surface area (Å²) in [4.78, 5) is 3.87. The summed E-state index contributed by atoms with van der Waals surface area (Å²) < 4.78 is 12.9. The fourth-order valence-corrected chi connectivity index (χ4v) is 2.18. The Balaban J connectivity index is 2.14. The Morgan fingerprint density at radius 2 is 2.21 bits per heavy atom. The molecule has 2 atom stereocenters. The molecule has 0 radical (unpaired) electrons. The van der Waals surface area contributed by atoms with E-state index in [1.54, 1.807) is 12.3 Å². The topological polar surface area (TPSA) is 38.9 Å². The lowest BCUT2D eigenvalue weighted by atomic mass is 9.82. The maximum absolute atomic E-state index is 12.9. The van der Waals surface area contributed by atoms with Crippen LogP contribution >= 0.6 is 0 Å². The van der Waals surface area contributed by atoms with Crippen molar-refractivity contribution in [2.75, 3.05) is 0 Å². The van der Waals surface area contributed by atoms with E-state index in [0.29, 0.717) is 5.92 Å².